The SMILES string of the molecule is CCCCCCCCCCCC(CCCCCCCCCC)(SC(C)(CCCCCCCCCC)C(=O)O)C(=O)O. The predicted octanol–water partition coefficient (Wildman–Crippen LogP) is 12.4. The molecule has 0 heterocycles. The molecule has 0 rings (SSSR count). The van der Waals surface area contributed by atoms with Crippen LogP contribution in [-0.2, 0) is 9.59 Å². The van der Waals surface area contributed by atoms with Gasteiger partial charge < -0.3 is 10.2 Å². The van der Waals surface area contributed by atoms with Crippen molar-refractivity contribution in [1.29, 1.82) is 0 Å². The summed E-state index contributed by atoms with van der Waals surface area (Å²) in [6, 6.07) is 0. The van der Waals surface area contributed by atoms with E-state index in [9.17, 15) is 19.8 Å². The van der Waals surface area contributed by atoms with E-state index < -0.39 is 21.4 Å². The zero-order chi connectivity index (χ0) is 30.7. The fourth-order valence-electron chi connectivity index (χ4n) is 5.98. The van der Waals surface area contributed by atoms with E-state index in [0.29, 0.717) is 19.3 Å². The summed E-state index contributed by atoms with van der Waals surface area (Å²) in [6.07, 6.45) is 31.2. The number of thioether (sulfide) groups is 1. The Kier molecular flexibility index (Phi) is 26.4. The van der Waals surface area contributed by atoms with Crippen LogP contribution in [0.5, 0.6) is 0 Å². The maximum atomic E-state index is 12.9. The molecule has 0 bridgehead atoms. The Labute approximate surface area is 260 Å². The molecule has 244 valence electrons. The van der Waals surface area contributed by atoms with E-state index in [-0.39, 0.29) is 0 Å². The van der Waals surface area contributed by atoms with Crippen LogP contribution in [0.3, 0.4) is 0 Å². The first-order valence-corrected chi connectivity index (χ1v) is 18.8. The van der Waals surface area contributed by atoms with Gasteiger partial charge in [0.1, 0.15) is 9.49 Å². The lowest BCUT2D eigenvalue weighted by atomic mass is 9.93. The molecule has 2 atom stereocenters. The van der Waals surface area contributed by atoms with Gasteiger partial charge in [0.05, 0.1) is 0 Å². The van der Waals surface area contributed by atoms with Crippen molar-refractivity contribution in [1.82, 2.24) is 0 Å². The number of carboxylic acid groups (broad SMARTS) is 2. The molecule has 0 aromatic rings. The van der Waals surface area contributed by atoms with Gasteiger partial charge in [-0.15, -0.1) is 11.8 Å². The molecular weight excluding hydrogens is 528 g/mol. The van der Waals surface area contributed by atoms with Gasteiger partial charge in [-0.2, -0.15) is 0 Å². The first kappa shape index (κ1) is 40.3. The molecule has 5 heteroatoms. The first-order chi connectivity index (χ1) is 19.8. The molecule has 0 saturated carbocycles. The third-order valence-electron chi connectivity index (χ3n) is 8.89. The third-order valence-corrected chi connectivity index (χ3v) is 10.7. The standard InChI is InChI=1S/C36H70O4S/c1-5-8-11-14-17-20-23-26-29-32-36(34(39)40,31-28-25-22-19-16-13-10-7-3)41-35(4,33(37)38)30-27-24-21-18-15-12-9-6-2/h5-32H2,1-4H3,(H,37,38)(H,39,40). The van der Waals surface area contributed by atoms with E-state index >= 15 is 0 Å². The Hall–Kier alpha value is -0.710. The van der Waals surface area contributed by atoms with Crippen LogP contribution in [0.25, 0.3) is 0 Å². The summed E-state index contributed by atoms with van der Waals surface area (Å²) in [7, 11) is 0. The van der Waals surface area contributed by atoms with Crippen LogP contribution in [0, 0.1) is 0 Å². The molecule has 2 N–H and O–H groups in total. The zero-order valence-electron chi connectivity index (χ0n) is 27.9. The van der Waals surface area contributed by atoms with Gasteiger partial charge in [-0.25, -0.2) is 0 Å². The van der Waals surface area contributed by atoms with Crippen molar-refractivity contribution in [3.63, 3.8) is 0 Å². The Morgan fingerprint density at radius 2 is 0.707 bits per heavy atom. The van der Waals surface area contributed by atoms with Crippen LogP contribution < -0.4 is 0 Å². The van der Waals surface area contributed by atoms with Gasteiger partial charge in [0.25, 0.3) is 0 Å². The lowest BCUT2D eigenvalue weighted by molar-refractivity contribution is -0.140. The molecule has 0 aromatic heterocycles. The highest BCUT2D eigenvalue weighted by Gasteiger charge is 2.47. The van der Waals surface area contributed by atoms with E-state index in [1.807, 2.05) is 0 Å². The smallest absolute Gasteiger partial charge is 0.319 e. The number of hydrogen-bond acceptors (Lipinski definition) is 3. The molecule has 0 amide bonds. The quantitative estimate of drug-likeness (QED) is 0.0753. The monoisotopic (exact) mass is 598 g/mol. The molecule has 0 aliphatic carbocycles. The maximum absolute atomic E-state index is 12.9. The van der Waals surface area contributed by atoms with Crippen molar-refractivity contribution < 1.29 is 19.8 Å². The molecule has 0 radical (unpaired) electrons. The van der Waals surface area contributed by atoms with Gasteiger partial charge in [0.15, 0.2) is 0 Å². The Balaban J connectivity index is 5.10. The van der Waals surface area contributed by atoms with E-state index in [0.717, 1.165) is 57.8 Å². The first-order valence-electron chi connectivity index (χ1n) is 17.9. The zero-order valence-corrected chi connectivity index (χ0v) is 28.7. The molecule has 2 unspecified atom stereocenters. The molecule has 0 fully saturated rings. The van der Waals surface area contributed by atoms with Gasteiger partial charge in [-0.3, -0.25) is 9.59 Å². The van der Waals surface area contributed by atoms with E-state index in [2.05, 4.69) is 20.8 Å². The number of carboxylic acids is 2. The second kappa shape index (κ2) is 26.9. The number of unbranched alkanes of at least 4 members (excludes halogenated alkanes) is 22. The van der Waals surface area contributed by atoms with Crippen molar-refractivity contribution in [3.05, 3.63) is 0 Å². The largest absolute Gasteiger partial charge is 0.480 e. The summed E-state index contributed by atoms with van der Waals surface area (Å²) in [5, 5.41) is 20.9. The van der Waals surface area contributed by atoms with E-state index in [1.165, 1.54) is 114 Å². The van der Waals surface area contributed by atoms with E-state index in [4.69, 9.17) is 0 Å². The molecule has 0 spiro atoms. The Morgan fingerprint density at radius 3 is 0.976 bits per heavy atom. The minimum Gasteiger partial charge on any atom is -0.480 e. The molecule has 0 saturated heterocycles. The summed E-state index contributed by atoms with van der Waals surface area (Å²) >= 11 is 1.28. The fourth-order valence-corrected chi connectivity index (χ4v) is 7.76. The van der Waals surface area contributed by atoms with Crippen LogP contribution in [0.15, 0.2) is 0 Å². The topological polar surface area (TPSA) is 74.6 Å². The van der Waals surface area contributed by atoms with Crippen molar-refractivity contribution >= 4 is 23.7 Å². The van der Waals surface area contributed by atoms with Gasteiger partial charge in [0, 0.05) is 0 Å². The normalized spacial score (nSPS) is 14.5. The fraction of sp³-hybridized carbons (Fsp3) is 0.944. The molecular formula is C36H70O4S. The average Bonchev–Trinajstić information content (AvgIpc) is 2.94. The minimum atomic E-state index is -1.06. The second-order valence-corrected chi connectivity index (χ2v) is 14.9. The lowest BCUT2D eigenvalue weighted by Gasteiger charge is -2.37. The highest BCUT2D eigenvalue weighted by Crippen LogP contribution is 2.46. The van der Waals surface area contributed by atoms with Crippen molar-refractivity contribution in [2.75, 3.05) is 0 Å². The van der Waals surface area contributed by atoms with Crippen LogP contribution in [-0.4, -0.2) is 31.6 Å². The average molecular weight is 599 g/mol. The Morgan fingerprint density at radius 1 is 0.439 bits per heavy atom. The van der Waals surface area contributed by atoms with Crippen molar-refractivity contribution in [2.24, 2.45) is 0 Å². The van der Waals surface area contributed by atoms with Gasteiger partial charge in [-0.05, 0) is 26.2 Å². The maximum Gasteiger partial charge on any atom is 0.319 e. The number of hydrogen-bond donors (Lipinski definition) is 2. The third kappa shape index (κ3) is 20.8. The highest BCUT2D eigenvalue weighted by molar-refractivity contribution is 8.03. The molecule has 0 aromatic carbocycles. The van der Waals surface area contributed by atoms with Gasteiger partial charge in [0.2, 0.25) is 0 Å². The highest BCUT2D eigenvalue weighted by atomic mass is 32.2. The molecule has 0 aliphatic rings. The van der Waals surface area contributed by atoms with Gasteiger partial charge >= 0.3 is 11.9 Å². The summed E-state index contributed by atoms with van der Waals surface area (Å²) in [4.78, 5) is 25.5. The molecule has 4 nitrogen and oxygen atoms in total. The number of aliphatic carboxylic acids is 2. The minimum absolute atomic E-state index is 0.548. The predicted molar refractivity (Wildman–Crippen MR) is 180 cm³/mol. The number of carbonyl (C=O) groups is 2. The van der Waals surface area contributed by atoms with Crippen LogP contribution in [0.4, 0.5) is 0 Å². The lowest BCUT2D eigenvalue weighted by Crippen LogP contribution is -2.44. The van der Waals surface area contributed by atoms with Crippen LogP contribution in [0.2, 0.25) is 0 Å². The van der Waals surface area contributed by atoms with Crippen LogP contribution >= 0.6 is 11.8 Å². The van der Waals surface area contributed by atoms with Crippen LogP contribution in [0.1, 0.15) is 207 Å². The summed E-state index contributed by atoms with van der Waals surface area (Å²) in [5.74, 6) is -1.65. The number of rotatable bonds is 32. The molecule has 0 aliphatic heterocycles. The van der Waals surface area contributed by atoms with Gasteiger partial charge in [-0.1, -0.05) is 181 Å². The summed E-state index contributed by atoms with van der Waals surface area (Å²) < 4.78 is -2.06. The van der Waals surface area contributed by atoms with E-state index in [1.54, 1.807) is 6.92 Å². The molecule has 41 heavy (non-hydrogen) atoms. The van der Waals surface area contributed by atoms with Crippen molar-refractivity contribution in [3.8, 4) is 0 Å². The summed E-state index contributed by atoms with van der Waals surface area (Å²) in [6.45, 7) is 8.50. The Bertz CT molecular complexity index is 625. The van der Waals surface area contributed by atoms with Crippen molar-refractivity contribution in [2.45, 2.75) is 217 Å². The summed E-state index contributed by atoms with van der Waals surface area (Å²) in [5.41, 5.74) is 0. The second-order valence-electron chi connectivity index (χ2n) is 13.0.